The summed E-state index contributed by atoms with van der Waals surface area (Å²) < 4.78 is 31.7. The fourth-order valence-electron chi connectivity index (χ4n) is 2.55. The molecular formula is C14H17N3O4S3. The standard InChI is InChI=1S/C14H17N3O4S3/c1-21-14(18)13-12(2-7-23-13)24(19,20)17-5-3-16(4-6-17)8-11-9-22-10-15-11/h2,7,9-10H,3-6,8H2,1H3. The zero-order valence-electron chi connectivity index (χ0n) is 13.0. The molecule has 2 aromatic heterocycles. The van der Waals surface area contributed by atoms with Crippen molar-refractivity contribution in [3.8, 4) is 0 Å². The number of sulfonamides is 1. The van der Waals surface area contributed by atoms with Crippen LogP contribution >= 0.6 is 22.7 Å². The number of ether oxygens (including phenoxy) is 1. The minimum absolute atomic E-state index is 0.0345. The van der Waals surface area contributed by atoms with Crippen molar-refractivity contribution >= 4 is 38.7 Å². The van der Waals surface area contributed by atoms with Gasteiger partial charge in [-0.25, -0.2) is 18.2 Å². The number of piperazine rings is 1. The number of thiazole rings is 1. The number of rotatable bonds is 5. The predicted molar refractivity (Wildman–Crippen MR) is 91.8 cm³/mol. The second-order valence-corrected chi connectivity index (χ2v) is 8.81. The highest BCUT2D eigenvalue weighted by Crippen LogP contribution is 2.26. The molecule has 24 heavy (non-hydrogen) atoms. The number of carbonyl (C=O) groups excluding carboxylic acids is 1. The molecule has 0 amide bonds. The van der Waals surface area contributed by atoms with Crippen LogP contribution in [-0.2, 0) is 21.3 Å². The first-order valence-electron chi connectivity index (χ1n) is 7.27. The van der Waals surface area contributed by atoms with Gasteiger partial charge in [0.05, 0.1) is 18.3 Å². The Morgan fingerprint density at radius 1 is 1.33 bits per heavy atom. The third kappa shape index (κ3) is 3.52. The summed E-state index contributed by atoms with van der Waals surface area (Å²) in [5.74, 6) is -0.620. The highest BCUT2D eigenvalue weighted by atomic mass is 32.2. The van der Waals surface area contributed by atoms with E-state index in [1.54, 1.807) is 22.2 Å². The molecule has 0 radical (unpaired) electrons. The zero-order chi connectivity index (χ0) is 17.2. The van der Waals surface area contributed by atoms with Gasteiger partial charge in [0.15, 0.2) is 0 Å². The van der Waals surface area contributed by atoms with Gasteiger partial charge in [-0.1, -0.05) is 0 Å². The fraction of sp³-hybridized carbons (Fsp3) is 0.429. The van der Waals surface area contributed by atoms with Crippen molar-refractivity contribution in [1.82, 2.24) is 14.2 Å². The molecular weight excluding hydrogens is 370 g/mol. The topological polar surface area (TPSA) is 79.8 Å². The normalized spacial score (nSPS) is 17.0. The minimum Gasteiger partial charge on any atom is -0.465 e. The van der Waals surface area contributed by atoms with Crippen LogP contribution in [0.25, 0.3) is 0 Å². The molecule has 1 aliphatic heterocycles. The molecule has 3 rings (SSSR count). The number of carbonyl (C=O) groups is 1. The summed E-state index contributed by atoms with van der Waals surface area (Å²) >= 11 is 2.63. The first-order chi connectivity index (χ1) is 11.5. The van der Waals surface area contributed by atoms with E-state index in [0.717, 1.165) is 23.6 Å². The Morgan fingerprint density at radius 2 is 2.08 bits per heavy atom. The van der Waals surface area contributed by atoms with Gasteiger partial charge in [-0.3, -0.25) is 4.90 Å². The Morgan fingerprint density at radius 3 is 2.71 bits per heavy atom. The molecule has 10 heteroatoms. The van der Waals surface area contributed by atoms with Crippen molar-refractivity contribution < 1.29 is 17.9 Å². The van der Waals surface area contributed by atoms with E-state index in [0.29, 0.717) is 26.2 Å². The number of hydrogen-bond donors (Lipinski definition) is 0. The van der Waals surface area contributed by atoms with Crippen molar-refractivity contribution in [2.24, 2.45) is 0 Å². The van der Waals surface area contributed by atoms with E-state index in [-0.39, 0.29) is 9.77 Å². The van der Waals surface area contributed by atoms with E-state index < -0.39 is 16.0 Å². The average Bonchev–Trinajstić information content (AvgIpc) is 3.26. The summed E-state index contributed by atoms with van der Waals surface area (Å²) in [5.41, 5.74) is 2.79. The van der Waals surface area contributed by atoms with Crippen LogP contribution in [0.2, 0.25) is 0 Å². The molecule has 0 aliphatic carbocycles. The summed E-state index contributed by atoms with van der Waals surface area (Å²) in [6.07, 6.45) is 0. The molecule has 1 aliphatic rings. The van der Waals surface area contributed by atoms with Crippen LogP contribution in [0.4, 0.5) is 0 Å². The molecule has 0 unspecified atom stereocenters. The highest BCUT2D eigenvalue weighted by Gasteiger charge is 2.32. The molecule has 7 nitrogen and oxygen atoms in total. The maximum absolute atomic E-state index is 12.8. The second-order valence-electron chi connectivity index (χ2n) is 5.27. The number of aromatic nitrogens is 1. The minimum atomic E-state index is -3.69. The third-order valence-corrected chi connectivity index (χ3v) is 7.42. The van der Waals surface area contributed by atoms with Crippen molar-refractivity contribution in [3.05, 3.63) is 32.9 Å². The molecule has 0 spiro atoms. The van der Waals surface area contributed by atoms with Gasteiger partial charge in [-0.2, -0.15) is 4.31 Å². The Balaban J connectivity index is 1.69. The Labute approximate surface area is 148 Å². The lowest BCUT2D eigenvalue weighted by Gasteiger charge is -2.33. The SMILES string of the molecule is COC(=O)c1sccc1S(=O)(=O)N1CCN(Cc2cscn2)CC1. The summed E-state index contributed by atoms with van der Waals surface area (Å²) in [7, 11) is -2.44. The van der Waals surface area contributed by atoms with E-state index in [1.165, 1.54) is 17.5 Å². The van der Waals surface area contributed by atoms with Crippen molar-refractivity contribution in [3.63, 3.8) is 0 Å². The van der Waals surface area contributed by atoms with Crippen LogP contribution in [-0.4, -0.2) is 61.9 Å². The molecule has 2 aromatic rings. The smallest absolute Gasteiger partial charge is 0.349 e. The predicted octanol–water partition coefficient (Wildman–Crippen LogP) is 1.50. The van der Waals surface area contributed by atoms with Crippen LogP contribution in [0.15, 0.2) is 27.2 Å². The van der Waals surface area contributed by atoms with E-state index in [1.807, 2.05) is 5.38 Å². The molecule has 1 saturated heterocycles. The maximum Gasteiger partial charge on any atom is 0.349 e. The Bertz CT molecular complexity index is 793. The number of nitrogens with zero attached hydrogens (tertiary/aromatic N) is 3. The molecule has 0 saturated carbocycles. The lowest BCUT2D eigenvalue weighted by molar-refractivity contribution is 0.0602. The Hall–Kier alpha value is -1.33. The summed E-state index contributed by atoms with van der Waals surface area (Å²) in [6.45, 7) is 2.78. The van der Waals surface area contributed by atoms with Crippen LogP contribution in [0.3, 0.4) is 0 Å². The van der Waals surface area contributed by atoms with E-state index in [4.69, 9.17) is 0 Å². The van der Waals surface area contributed by atoms with Gasteiger partial charge in [-0.15, -0.1) is 22.7 Å². The summed E-state index contributed by atoms with van der Waals surface area (Å²) in [5, 5.41) is 3.59. The lowest BCUT2D eigenvalue weighted by Crippen LogP contribution is -2.48. The molecule has 0 bridgehead atoms. The number of thiophene rings is 1. The highest BCUT2D eigenvalue weighted by molar-refractivity contribution is 7.89. The number of esters is 1. The first kappa shape index (κ1) is 17.5. The van der Waals surface area contributed by atoms with Crippen LogP contribution < -0.4 is 0 Å². The van der Waals surface area contributed by atoms with Gasteiger partial charge in [0.2, 0.25) is 10.0 Å². The molecule has 130 valence electrons. The Kier molecular flexibility index (Phi) is 5.30. The summed E-state index contributed by atoms with van der Waals surface area (Å²) in [6, 6.07) is 1.47. The van der Waals surface area contributed by atoms with Crippen LogP contribution in [0.1, 0.15) is 15.4 Å². The van der Waals surface area contributed by atoms with Crippen LogP contribution in [0, 0.1) is 0 Å². The van der Waals surface area contributed by atoms with Crippen molar-refractivity contribution in [2.45, 2.75) is 11.4 Å². The third-order valence-electron chi connectivity index (χ3n) is 3.82. The summed E-state index contributed by atoms with van der Waals surface area (Å²) in [4.78, 5) is 18.3. The molecule has 1 fully saturated rings. The first-order valence-corrected chi connectivity index (χ1v) is 10.5. The van der Waals surface area contributed by atoms with Gasteiger partial charge in [-0.05, 0) is 11.4 Å². The van der Waals surface area contributed by atoms with Gasteiger partial charge in [0, 0.05) is 38.1 Å². The largest absolute Gasteiger partial charge is 0.465 e. The van der Waals surface area contributed by atoms with Crippen LogP contribution in [0.5, 0.6) is 0 Å². The average molecular weight is 388 g/mol. The molecule has 0 atom stereocenters. The molecule has 0 aromatic carbocycles. The number of methoxy groups -OCH3 is 1. The van der Waals surface area contributed by atoms with Gasteiger partial charge in [0.25, 0.3) is 0 Å². The number of hydrogen-bond acceptors (Lipinski definition) is 8. The van der Waals surface area contributed by atoms with Crippen molar-refractivity contribution in [2.75, 3.05) is 33.3 Å². The van der Waals surface area contributed by atoms with E-state index in [2.05, 4.69) is 14.6 Å². The zero-order valence-corrected chi connectivity index (χ0v) is 15.5. The van der Waals surface area contributed by atoms with Crippen molar-refractivity contribution in [1.29, 1.82) is 0 Å². The second kappa shape index (κ2) is 7.28. The lowest BCUT2D eigenvalue weighted by atomic mass is 10.3. The van der Waals surface area contributed by atoms with Gasteiger partial charge in [0.1, 0.15) is 9.77 Å². The van der Waals surface area contributed by atoms with Gasteiger partial charge >= 0.3 is 5.97 Å². The van der Waals surface area contributed by atoms with E-state index >= 15 is 0 Å². The van der Waals surface area contributed by atoms with Gasteiger partial charge < -0.3 is 4.74 Å². The maximum atomic E-state index is 12.8. The molecule has 3 heterocycles. The fourth-order valence-corrected chi connectivity index (χ4v) is 5.83. The quantitative estimate of drug-likeness (QED) is 0.724. The monoisotopic (exact) mass is 387 g/mol. The van der Waals surface area contributed by atoms with E-state index in [9.17, 15) is 13.2 Å². The molecule has 0 N–H and O–H groups in total.